The summed E-state index contributed by atoms with van der Waals surface area (Å²) in [6.45, 7) is 1.90. The van der Waals surface area contributed by atoms with Crippen LogP contribution in [0.2, 0.25) is 0 Å². The molecule has 0 aliphatic carbocycles. The second-order valence-corrected chi connectivity index (χ2v) is 7.02. The molecule has 0 fully saturated rings. The predicted octanol–water partition coefficient (Wildman–Crippen LogP) is 3.82. The SMILES string of the molecule is COc1ccc(CN2C(=O)c3cccnc3C2Nc2ccc(NC(C)=O)cc2)cc1. The lowest BCUT2D eigenvalue weighted by Crippen LogP contribution is -2.32. The van der Waals surface area contributed by atoms with Gasteiger partial charge in [-0.05, 0) is 54.1 Å². The summed E-state index contributed by atoms with van der Waals surface area (Å²) in [6.07, 6.45) is 1.29. The number of anilines is 2. The maximum atomic E-state index is 13.1. The number of amides is 2. The molecule has 7 heteroatoms. The number of methoxy groups -OCH3 is 1. The quantitative estimate of drug-likeness (QED) is 0.655. The van der Waals surface area contributed by atoms with E-state index < -0.39 is 6.17 Å². The van der Waals surface area contributed by atoms with Gasteiger partial charge in [0.25, 0.3) is 5.91 Å². The van der Waals surface area contributed by atoms with Gasteiger partial charge in [-0.15, -0.1) is 0 Å². The van der Waals surface area contributed by atoms with E-state index in [1.54, 1.807) is 30.3 Å². The van der Waals surface area contributed by atoms with E-state index in [-0.39, 0.29) is 11.8 Å². The Balaban J connectivity index is 1.60. The molecule has 1 aliphatic heterocycles. The summed E-state index contributed by atoms with van der Waals surface area (Å²) < 4.78 is 5.22. The van der Waals surface area contributed by atoms with Crippen molar-refractivity contribution in [2.24, 2.45) is 0 Å². The second-order valence-electron chi connectivity index (χ2n) is 7.02. The first-order valence-corrected chi connectivity index (χ1v) is 9.58. The molecule has 2 heterocycles. The van der Waals surface area contributed by atoms with E-state index >= 15 is 0 Å². The molecule has 1 aliphatic rings. The Morgan fingerprint density at radius 3 is 2.43 bits per heavy atom. The lowest BCUT2D eigenvalue weighted by molar-refractivity contribution is -0.114. The lowest BCUT2D eigenvalue weighted by Gasteiger charge is -2.26. The number of pyridine rings is 1. The minimum atomic E-state index is -0.401. The number of carbonyl (C=O) groups is 2. The van der Waals surface area contributed by atoms with Crippen LogP contribution in [0.4, 0.5) is 11.4 Å². The van der Waals surface area contributed by atoms with Gasteiger partial charge in [-0.2, -0.15) is 0 Å². The van der Waals surface area contributed by atoms with Gasteiger partial charge in [0.15, 0.2) is 0 Å². The van der Waals surface area contributed by atoms with E-state index in [2.05, 4.69) is 15.6 Å². The first-order valence-electron chi connectivity index (χ1n) is 9.58. The van der Waals surface area contributed by atoms with Crippen molar-refractivity contribution in [1.29, 1.82) is 0 Å². The van der Waals surface area contributed by atoms with Crippen molar-refractivity contribution in [3.05, 3.63) is 83.7 Å². The van der Waals surface area contributed by atoms with Crippen molar-refractivity contribution in [1.82, 2.24) is 9.88 Å². The number of carbonyl (C=O) groups excluding carboxylic acids is 2. The van der Waals surface area contributed by atoms with Crippen LogP contribution in [0.5, 0.6) is 5.75 Å². The zero-order valence-electron chi connectivity index (χ0n) is 16.8. The molecule has 30 heavy (non-hydrogen) atoms. The van der Waals surface area contributed by atoms with E-state index in [1.807, 2.05) is 48.5 Å². The number of hydrogen-bond donors (Lipinski definition) is 2. The number of fused-ring (bicyclic) bond motifs is 1. The Kier molecular flexibility index (Phi) is 5.34. The summed E-state index contributed by atoms with van der Waals surface area (Å²) in [4.78, 5) is 30.5. The van der Waals surface area contributed by atoms with Crippen molar-refractivity contribution >= 4 is 23.2 Å². The molecule has 2 amide bonds. The average molecular weight is 402 g/mol. The highest BCUT2D eigenvalue weighted by atomic mass is 16.5. The van der Waals surface area contributed by atoms with Crippen LogP contribution in [0.25, 0.3) is 0 Å². The minimum absolute atomic E-state index is 0.0683. The van der Waals surface area contributed by atoms with Crippen LogP contribution in [-0.2, 0) is 11.3 Å². The molecule has 0 saturated heterocycles. The standard InChI is InChI=1S/C23H22N4O3/c1-15(28)25-17-7-9-18(10-8-17)26-22-21-20(4-3-13-24-21)23(29)27(22)14-16-5-11-19(30-2)12-6-16/h3-13,22,26H,14H2,1-2H3,(H,25,28). The minimum Gasteiger partial charge on any atom is -0.497 e. The maximum Gasteiger partial charge on any atom is 0.258 e. The van der Waals surface area contributed by atoms with Gasteiger partial charge in [0.1, 0.15) is 11.9 Å². The van der Waals surface area contributed by atoms with Gasteiger partial charge in [0.2, 0.25) is 5.91 Å². The third-order valence-electron chi connectivity index (χ3n) is 4.92. The van der Waals surface area contributed by atoms with Crippen LogP contribution in [0, 0.1) is 0 Å². The summed E-state index contributed by atoms with van der Waals surface area (Å²) in [5.41, 5.74) is 3.81. The highest BCUT2D eigenvalue weighted by Gasteiger charge is 2.37. The van der Waals surface area contributed by atoms with Crippen LogP contribution in [0.1, 0.15) is 34.7 Å². The fourth-order valence-electron chi connectivity index (χ4n) is 3.48. The number of benzene rings is 2. The van der Waals surface area contributed by atoms with E-state index in [1.165, 1.54) is 6.92 Å². The first kappa shape index (κ1) is 19.4. The monoisotopic (exact) mass is 402 g/mol. The van der Waals surface area contributed by atoms with Crippen molar-refractivity contribution in [3.8, 4) is 5.75 Å². The Bertz CT molecular complexity index is 1060. The van der Waals surface area contributed by atoms with Gasteiger partial charge < -0.3 is 20.3 Å². The summed E-state index contributed by atoms with van der Waals surface area (Å²) in [6, 6.07) is 18.6. The molecule has 2 N–H and O–H groups in total. The van der Waals surface area contributed by atoms with Crippen molar-refractivity contribution in [3.63, 3.8) is 0 Å². The number of nitrogens with one attached hydrogen (secondary N) is 2. The first-order chi connectivity index (χ1) is 14.5. The van der Waals surface area contributed by atoms with E-state index in [4.69, 9.17) is 4.74 Å². The van der Waals surface area contributed by atoms with E-state index in [9.17, 15) is 9.59 Å². The van der Waals surface area contributed by atoms with Crippen LogP contribution in [0.3, 0.4) is 0 Å². The third-order valence-corrected chi connectivity index (χ3v) is 4.92. The molecule has 7 nitrogen and oxygen atoms in total. The van der Waals surface area contributed by atoms with Crippen LogP contribution >= 0.6 is 0 Å². The van der Waals surface area contributed by atoms with Crippen molar-refractivity contribution in [2.45, 2.75) is 19.6 Å². The number of aromatic nitrogens is 1. The van der Waals surface area contributed by atoms with E-state index in [0.29, 0.717) is 23.5 Å². The molecule has 1 unspecified atom stereocenters. The fraction of sp³-hybridized carbons (Fsp3) is 0.174. The molecule has 3 aromatic rings. The molecule has 152 valence electrons. The lowest BCUT2D eigenvalue weighted by atomic mass is 10.2. The number of rotatable bonds is 6. The Morgan fingerprint density at radius 2 is 1.77 bits per heavy atom. The summed E-state index contributed by atoms with van der Waals surface area (Å²) >= 11 is 0. The summed E-state index contributed by atoms with van der Waals surface area (Å²) in [5.74, 6) is 0.576. The van der Waals surface area contributed by atoms with Gasteiger partial charge >= 0.3 is 0 Å². The number of ether oxygens (including phenoxy) is 1. The fourth-order valence-corrected chi connectivity index (χ4v) is 3.48. The molecule has 4 rings (SSSR count). The van der Waals surface area contributed by atoms with Gasteiger partial charge in [0.05, 0.1) is 18.4 Å². The predicted molar refractivity (Wildman–Crippen MR) is 114 cm³/mol. The highest BCUT2D eigenvalue weighted by molar-refractivity contribution is 5.99. The summed E-state index contributed by atoms with van der Waals surface area (Å²) in [7, 11) is 1.62. The second kappa shape index (κ2) is 8.24. The van der Waals surface area contributed by atoms with Crippen molar-refractivity contribution in [2.75, 3.05) is 17.7 Å². The zero-order valence-corrected chi connectivity index (χ0v) is 16.8. The number of hydrogen-bond acceptors (Lipinski definition) is 5. The molecular weight excluding hydrogens is 380 g/mol. The molecule has 1 atom stereocenters. The van der Waals surface area contributed by atoms with Gasteiger partial charge in [0, 0.05) is 31.0 Å². The molecule has 0 spiro atoms. The Hall–Kier alpha value is -3.87. The van der Waals surface area contributed by atoms with Crippen molar-refractivity contribution < 1.29 is 14.3 Å². The normalized spacial score (nSPS) is 14.9. The Morgan fingerprint density at radius 1 is 1.07 bits per heavy atom. The molecule has 0 saturated carbocycles. The zero-order chi connectivity index (χ0) is 21.1. The van der Waals surface area contributed by atoms with Gasteiger partial charge in [-0.1, -0.05) is 12.1 Å². The Labute approximate surface area is 174 Å². The van der Waals surface area contributed by atoms with Crippen LogP contribution in [0.15, 0.2) is 66.9 Å². The average Bonchev–Trinajstić information content (AvgIpc) is 3.01. The molecule has 0 radical (unpaired) electrons. The number of nitrogens with zero attached hydrogens (tertiary/aromatic N) is 2. The van der Waals surface area contributed by atoms with E-state index in [0.717, 1.165) is 17.0 Å². The van der Waals surface area contributed by atoms with Crippen LogP contribution < -0.4 is 15.4 Å². The molecule has 2 aromatic carbocycles. The highest BCUT2D eigenvalue weighted by Crippen LogP contribution is 2.34. The maximum absolute atomic E-state index is 13.1. The van der Waals surface area contributed by atoms with Gasteiger partial charge in [-0.3, -0.25) is 14.6 Å². The smallest absolute Gasteiger partial charge is 0.258 e. The van der Waals surface area contributed by atoms with Gasteiger partial charge in [-0.25, -0.2) is 0 Å². The topological polar surface area (TPSA) is 83.6 Å². The molecule has 0 bridgehead atoms. The molecule has 1 aromatic heterocycles. The van der Waals surface area contributed by atoms with Crippen LogP contribution in [-0.4, -0.2) is 28.8 Å². The third kappa shape index (κ3) is 3.96. The largest absolute Gasteiger partial charge is 0.497 e. The summed E-state index contributed by atoms with van der Waals surface area (Å²) in [5, 5.41) is 6.15. The molecular formula is C23H22N4O3.